The molecule has 8 heteroatoms. The number of rotatable bonds is 7. The van der Waals surface area contributed by atoms with Gasteiger partial charge in [-0.15, -0.1) is 0 Å². The summed E-state index contributed by atoms with van der Waals surface area (Å²) in [5.41, 5.74) is 2.66. The Bertz CT molecular complexity index is 1530. The molecule has 4 aromatic carbocycles. The van der Waals surface area contributed by atoms with Gasteiger partial charge >= 0.3 is 0 Å². The minimum absolute atomic E-state index is 0.223. The van der Waals surface area contributed by atoms with E-state index >= 15 is 0 Å². The summed E-state index contributed by atoms with van der Waals surface area (Å²) in [6.07, 6.45) is 1.70. The third kappa shape index (κ3) is 5.61. The second-order valence-electron chi connectivity index (χ2n) is 8.35. The summed E-state index contributed by atoms with van der Waals surface area (Å²) in [5.74, 6) is 0.784. The molecule has 4 aromatic rings. The number of ether oxygens (including phenoxy) is 2. The van der Waals surface area contributed by atoms with E-state index in [1.165, 1.54) is 4.90 Å². The summed E-state index contributed by atoms with van der Waals surface area (Å²) in [5, 5.41) is 2.00. The van der Waals surface area contributed by atoms with Crippen LogP contribution in [0, 0.1) is 0 Å². The first-order chi connectivity index (χ1) is 17.9. The van der Waals surface area contributed by atoms with Crippen LogP contribution in [-0.4, -0.2) is 23.2 Å². The molecular weight excluding hydrogens is 618 g/mol. The first kappa shape index (κ1) is 25.6. The Labute approximate surface area is 235 Å². The Hall–Kier alpha value is -3.07. The van der Waals surface area contributed by atoms with Crippen molar-refractivity contribution in [3.63, 3.8) is 0 Å². The molecule has 0 aliphatic carbocycles. The Morgan fingerprint density at radius 2 is 1.68 bits per heavy atom. The number of hydrogen-bond donors (Lipinski definition) is 0. The summed E-state index contributed by atoms with van der Waals surface area (Å²) in [6, 6.07) is 25.5. The lowest BCUT2D eigenvalue weighted by Crippen LogP contribution is -2.27. The summed E-state index contributed by atoms with van der Waals surface area (Å²) < 4.78 is 13.4. The summed E-state index contributed by atoms with van der Waals surface area (Å²) in [7, 11) is 1.57. The van der Waals surface area contributed by atoms with Gasteiger partial charge in [-0.3, -0.25) is 14.5 Å². The highest BCUT2D eigenvalue weighted by atomic mass is 79.9. The van der Waals surface area contributed by atoms with Gasteiger partial charge in [-0.1, -0.05) is 86.5 Å². The second kappa shape index (κ2) is 11.1. The lowest BCUT2D eigenvalue weighted by molar-refractivity contribution is -0.123. The molecule has 37 heavy (non-hydrogen) atoms. The number of fused-ring (bicyclic) bond motifs is 1. The molecule has 2 amide bonds. The molecule has 1 heterocycles. The van der Waals surface area contributed by atoms with E-state index in [0.29, 0.717) is 28.6 Å². The van der Waals surface area contributed by atoms with Gasteiger partial charge in [-0.25, -0.2) is 0 Å². The fourth-order valence-corrected chi connectivity index (χ4v) is 5.59. The van der Waals surface area contributed by atoms with Crippen LogP contribution in [0.5, 0.6) is 11.5 Å². The van der Waals surface area contributed by atoms with Crippen molar-refractivity contribution in [2.24, 2.45) is 0 Å². The number of halogens is 2. The minimum Gasteiger partial charge on any atom is -0.493 e. The van der Waals surface area contributed by atoms with Gasteiger partial charge in [-0.2, -0.15) is 0 Å². The van der Waals surface area contributed by atoms with Crippen LogP contribution >= 0.6 is 43.6 Å². The summed E-state index contributed by atoms with van der Waals surface area (Å²) in [6.45, 7) is 0.596. The molecule has 1 saturated heterocycles. The topological polar surface area (TPSA) is 55.8 Å². The molecule has 0 aromatic heterocycles. The van der Waals surface area contributed by atoms with Crippen molar-refractivity contribution in [3.8, 4) is 11.5 Å². The number of nitrogens with zero attached hydrogens (tertiary/aromatic N) is 1. The Balaban J connectivity index is 1.36. The van der Waals surface area contributed by atoms with E-state index < -0.39 is 0 Å². The zero-order valence-corrected chi connectivity index (χ0v) is 23.7. The van der Waals surface area contributed by atoms with Crippen LogP contribution in [0.25, 0.3) is 16.8 Å². The normalized spacial score (nSPS) is 14.6. The Kier molecular flexibility index (Phi) is 7.69. The number of carbonyl (C=O) groups excluding carboxylic acids is 2. The van der Waals surface area contributed by atoms with Crippen LogP contribution < -0.4 is 9.47 Å². The average molecular weight is 639 g/mol. The van der Waals surface area contributed by atoms with Crippen LogP contribution in [0.2, 0.25) is 0 Å². The molecular formula is C29H21Br2NO4S. The van der Waals surface area contributed by atoms with Gasteiger partial charge in [-0.05, 0) is 69.6 Å². The van der Waals surface area contributed by atoms with Crippen molar-refractivity contribution < 1.29 is 19.1 Å². The highest BCUT2D eigenvalue weighted by Gasteiger charge is 2.35. The Morgan fingerprint density at radius 3 is 2.46 bits per heavy atom. The van der Waals surface area contributed by atoms with Gasteiger partial charge in [0.05, 0.1) is 18.6 Å². The van der Waals surface area contributed by atoms with Crippen molar-refractivity contribution in [2.45, 2.75) is 13.2 Å². The molecule has 0 atom stereocenters. The summed E-state index contributed by atoms with van der Waals surface area (Å²) >= 11 is 7.92. The maximum atomic E-state index is 13.0. The fraction of sp³-hybridized carbons (Fsp3) is 0.103. The highest BCUT2D eigenvalue weighted by molar-refractivity contribution is 9.10. The average Bonchev–Trinajstić information content (AvgIpc) is 3.17. The molecule has 1 fully saturated rings. The van der Waals surface area contributed by atoms with Crippen LogP contribution in [0.4, 0.5) is 4.79 Å². The molecule has 0 unspecified atom stereocenters. The number of amides is 2. The Morgan fingerprint density at radius 1 is 0.919 bits per heavy atom. The largest absolute Gasteiger partial charge is 0.493 e. The maximum absolute atomic E-state index is 13.0. The van der Waals surface area contributed by atoms with Gasteiger partial charge in [0.1, 0.15) is 6.61 Å². The smallest absolute Gasteiger partial charge is 0.293 e. The van der Waals surface area contributed by atoms with E-state index in [9.17, 15) is 9.59 Å². The molecule has 186 valence electrons. The zero-order valence-electron chi connectivity index (χ0n) is 19.7. The standard InChI is InChI=1S/C29H21Br2NO4S/c1-35-25-13-21(14-27-28(33)32(29(34)37-27)16-18-9-11-22(30)12-10-18)24(31)15-26(25)36-17-20-7-4-6-19-5-2-3-8-23(19)20/h2-15H,16-17H2,1H3/b27-14-. The molecule has 5 rings (SSSR count). The van der Waals surface area contributed by atoms with E-state index in [4.69, 9.17) is 9.47 Å². The van der Waals surface area contributed by atoms with Crippen molar-refractivity contribution in [1.29, 1.82) is 0 Å². The SMILES string of the molecule is COc1cc(/C=C2\SC(=O)N(Cc3ccc(Br)cc3)C2=O)c(Br)cc1OCc1cccc2ccccc12. The van der Waals surface area contributed by atoms with Crippen molar-refractivity contribution in [3.05, 3.63) is 109 Å². The number of benzene rings is 4. The summed E-state index contributed by atoms with van der Waals surface area (Å²) in [4.78, 5) is 27.2. The molecule has 0 N–H and O–H groups in total. The monoisotopic (exact) mass is 637 g/mol. The number of imide groups is 1. The number of hydrogen-bond acceptors (Lipinski definition) is 5. The fourth-order valence-electron chi connectivity index (χ4n) is 4.06. The number of thioether (sulfide) groups is 1. The maximum Gasteiger partial charge on any atom is 0.293 e. The molecule has 5 nitrogen and oxygen atoms in total. The predicted molar refractivity (Wildman–Crippen MR) is 155 cm³/mol. The lowest BCUT2D eigenvalue weighted by Gasteiger charge is -2.14. The first-order valence-electron chi connectivity index (χ1n) is 11.4. The number of carbonyl (C=O) groups is 2. The van der Waals surface area contributed by atoms with Gasteiger partial charge in [0.2, 0.25) is 0 Å². The van der Waals surface area contributed by atoms with Gasteiger partial charge in [0.15, 0.2) is 11.5 Å². The van der Waals surface area contributed by atoms with Crippen molar-refractivity contribution in [1.82, 2.24) is 4.90 Å². The van der Waals surface area contributed by atoms with Crippen LogP contribution in [-0.2, 0) is 17.9 Å². The molecule has 1 aliphatic rings. The molecule has 0 saturated carbocycles. The van der Waals surface area contributed by atoms with E-state index in [0.717, 1.165) is 42.6 Å². The molecule has 0 bridgehead atoms. The highest BCUT2D eigenvalue weighted by Crippen LogP contribution is 2.39. The van der Waals surface area contributed by atoms with Gasteiger partial charge < -0.3 is 9.47 Å². The first-order valence-corrected chi connectivity index (χ1v) is 13.8. The van der Waals surface area contributed by atoms with E-state index in [1.54, 1.807) is 19.3 Å². The van der Waals surface area contributed by atoms with E-state index in [-0.39, 0.29) is 17.7 Å². The van der Waals surface area contributed by atoms with E-state index in [1.807, 2.05) is 54.6 Å². The second-order valence-corrected chi connectivity index (χ2v) is 11.1. The quantitative estimate of drug-likeness (QED) is 0.191. The van der Waals surface area contributed by atoms with Crippen molar-refractivity contribution >= 4 is 71.6 Å². The number of methoxy groups -OCH3 is 1. The predicted octanol–water partition coefficient (Wildman–Crippen LogP) is 8.19. The third-order valence-electron chi connectivity index (χ3n) is 5.96. The lowest BCUT2D eigenvalue weighted by atomic mass is 10.1. The molecule has 0 radical (unpaired) electrons. The van der Waals surface area contributed by atoms with Gasteiger partial charge in [0, 0.05) is 8.95 Å². The van der Waals surface area contributed by atoms with Crippen LogP contribution in [0.15, 0.2) is 92.7 Å². The molecule has 0 spiro atoms. The van der Waals surface area contributed by atoms with Gasteiger partial charge in [0.25, 0.3) is 11.1 Å². The zero-order chi connectivity index (χ0) is 25.9. The molecule has 1 aliphatic heterocycles. The minimum atomic E-state index is -0.319. The van der Waals surface area contributed by atoms with Crippen LogP contribution in [0.3, 0.4) is 0 Å². The third-order valence-corrected chi connectivity index (χ3v) is 8.08. The van der Waals surface area contributed by atoms with Crippen molar-refractivity contribution in [2.75, 3.05) is 7.11 Å². The van der Waals surface area contributed by atoms with Crippen LogP contribution in [0.1, 0.15) is 16.7 Å². The van der Waals surface area contributed by atoms with E-state index in [2.05, 4.69) is 50.1 Å².